The van der Waals surface area contributed by atoms with Crippen molar-refractivity contribution in [3.05, 3.63) is 66.0 Å². The standard InChI is InChI=1S/C22H28FN3O3S/c1-25(2)21(17-9-8-10-18(23)15-17)16-24-22(27)20-13-6-7-14-26(20)30(28,29)19-11-4-3-5-12-19/h3-5,8-12,15,20-21H,6-7,13-14,16H2,1-2H3,(H,24,27). The van der Waals surface area contributed by atoms with Crippen LogP contribution in [-0.4, -0.2) is 56.8 Å². The van der Waals surface area contributed by atoms with Crippen molar-refractivity contribution in [2.45, 2.75) is 36.2 Å². The molecule has 0 spiro atoms. The summed E-state index contributed by atoms with van der Waals surface area (Å²) in [7, 11) is -0.0451. The van der Waals surface area contributed by atoms with Crippen molar-refractivity contribution >= 4 is 15.9 Å². The van der Waals surface area contributed by atoms with E-state index < -0.39 is 16.1 Å². The van der Waals surface area contributed by atoms with Gasteiger partial charge in [0.05, 0.1) is 10.9 Å². The second-order valence-electron chi connectivity index (χ2n) is 7.72. The van der Waals surface area contributed by atoms with Gasteiger partial charge in [0, 0.05) is 13.1 Å². The quantitative estimate of drug-likeness (QED) is 0.729. The average Bonchev–Trinajstić information content (AvgIpc) is 2.74. The predicted octanol–water partition coefficient (Wildman–Crippen LogP) is 2.79. The Kier molecular flexibility index (Phi) is 7.23. The number of piperidine rings is 1. The Morgan fingerprint density at radius 3 is 2.57 bits per heavy atom. The number of halogens is 1. The van der Waals surface area contributed by atoms with E-state index in [1.165, 1.54) is 16.4 Å². The van der Waals surface area contributed by atoms with Crippen molar-refractivity contribution < 1.29 is 17.6 Å². The van der Waals surface area contributed by atoms with Gasteiger partial charge in [-0.05, 0) is 56.8 Å². The molecule has 1 N–H and O–H groups in total. The van der Waals surface area contributed by atoms with Crippen molar-refractivity contribution in [1.29, 1.82) is 0 Å². The van der Waals surface area contributed by atoms with Crippen LogP contribution >= 0.6 is 0 Å². The van der Waals surface area contributed by atoms with E-state index in [-0.39, 0.29) is 29.2 Å². The van der Waals surface area contributed by atoms with Crippen molar-refractivity contribution in [2.75, 3.05) is 27.2 Å². The number of hydrogen-bond acceptors (Lipinski definition) is 4. The number of amides is 1. The predicted molar refractivity (Wildman–Crippen MR) is 114 cm³/mol. The zero-order chi connectivity index (χ0) is 21.7. The average molecular weight is 434 g/mol. The maximum atomic E-state index is 13.6. The Bertz CT molecular complexity index is 967. The second-order valence-corrected chi connectivity index (χ2v) is 9.61. The topological polar surface area (TPSA) is 69.7 Å². The summed E-state index contributed by atoms with van der Waals surface area (Å²) >= 11 is 0. The molecule has 0 aliphatic carbocycles. The van der Waals surface area contributed by atoms with Gasteiger partial charge >= 0.3 is 0 Å². The van der Waals surface area contributed by atoms with Crippen LogP contribution in [0, 0.1) is 5.82 Å². The molecule has 162 valence electrons. The number of hydrogen-bond donors (Lipinski definition) is 1. The molecule has 2 aromatic rings. The van der Waals surface area contributed by atoms with Crippen LogP contribution in [0.5, 0.6) is 0 Å². The summed E-state index contributed by atoms with van der Waals surface area (Å²) in [5.74, 6) is -0.657. The van der Waals surface area contributed by atoms with Gasteiger partial charge in [-0.25, -0.2) is 12.8 Å². The molecule has 0 radical (unpaired) electrons. The Balaban J connectivity index is 1.75. The Morgan fingerprint density at radius 1 is 1.17 bits per heavy atom. The Hall–Kier alpha value is -2.29. The minimum absolute atomic E-state index is 0.190. The van der Waals surface area contributed by atoms with E-state index in [4.69, 9.17) is 0 Å². The molecule has 2 atom stereocenters. The number of benzene rings is 2. The smallest absolute Gasteiger partial charge is 0.243 e. The summed E-state index contributed by atoms with van der Waals surface area (Å²) in [5, 5.41) is 2.90. The molecular formula is C22H28FN3O3S. The minimum atomic E-state index is -3.76. The number of nitrogens with zero attached hydrogens (tertiary/aromatic N) is 2. The van der Waals surface area contributed by atoms with Crippen LogP contribution in [0.2, 0.25) is 0 Å². The lowest BCUT2D eigenvalue weighted by atomic mass is 10.0. The van der Waals surface area contributed by atoms with E-state index in [9.17, 15) is 17.6 Å². The van der Waals surface area contributed by atoms with Crippen LogP contribution in [0.4, 0.5) is 4.39 Å². The van der Waals surface area contributed by atoms with Crippen molar-refractivity contribution in [3.63, 3.8) is 0 Å². The maximum absolute atomic E-state index is 13.6. The highest BCUT2D eigenvalue weighted by atomic mass is 32.2. The molecule has 1 saturated heterocycles. The SMILES string of the molecule is CN(C)C(CNC(=O)C1CCCCN1S(=O)(=O)c1ccccc1)c1cccc(F)c1. The van der Waals surface area contributed by atoms with E-state index >= 15 is 0 Å². The third-order valence-corrected chi connectivity index (χ3v) is 7.35. The summed E-state index contributed by atoms with van der Waals surface area (Å²) in [5.41, 5.74) is 0.748. The third-order valence-electron chi connectivity index (χ3n) is 5.43. The summed E-state index contributed by atoms with van der Waals surface area (Å²) in [6.45, 7) is 0.571. The second kappa shape index (κ2) is 9.68. The first-order valence-electron chi connectivity index (χ1n) is 10.1. The Morgan fingerprint density at radius 2 is 1.90 bits per heavy atom. The van der Waals surface area contributed by atoms with E-state index in [0.29, 0.717) is 13.0 Å². The first kappa shape index (κ1) is 22.4. The molecule has 0 bridgehead atoms. The molecular weight excluding hydrogens is 405 g/mol. The fourth-order valence-electron chi connectivity index (χ4n) is 3.81. The zero-order valence-electron chi connectivity index (χ0n) is 17.3. The number of carbonyl (C=O) groups excluding carboxylic acids is 1. The normalized spacial score (nSPS) is 18.9. The van der Waals surface area contributed by atoms with Crippen LogP contribution in [-0.2, 0) is 14.8 Å². The lowest BCUT2D eigenvalue weighted by Gasteiger charge is -2.34. The fourth-order valence-corrected chi connectivity index (χ4v) is 5.49. The van der Waals surface area contributed by atoms with Gasteiger partial charge < -0.3 is 10.2 Å². The number of rotatable bonds is 7. The Labute approximate surface area is 177 Å². The van der Waals surface area contributed by atoms with Crippen LogP contribution in [0.3, 0.4) is 0 Å². The van der Waals surface area contributed by atoms with Crippen molar-refractivity contribution in [3.8, 4) is 0 Å². The third kappa shape index (κ3) is 5.06. The van der Waals surface area contributed by atoms with Crippen LogP contribution < -0.4 is 5.32 Å². The molecule has 1 heterocycles. The van der Waals surface area contributed by atoms with Gasteiger partial charge in [0.15, 0.2) is 0 Å². The maximum Gasteiger partial charge on any atom is 0.243 e. The highest BCUT2D eigenvalue weighted by Gasteiger charge is 2.37. The number of carbonyl (C=O) groups is 1. The highest BCUT2D eigenvalue weighted by molar-refractivity contribution is 7.89. The van der Waals surface area contributed by atoms with Gasteiger partial charge in [-0.1, -0.05) is 36.8 Å². The van der Waals surface area contributed by atoms with Crippen molar-refractivity contribution in [2.24, 2.45) is 0 Å². The molecule has 8 heteroatoms. The minimum Gasteiger partial charge on any atom is -0.353 e. The molecule has 6 nitrogen and oxygen atoms in total. The van der Waals surface area contributed by atoms with Gasteiger partial charge in [0.2, 0.25) is 15.9 Å². The fraction of sp³-hybridized carbons (Fsp3) is 0.409. The highest BCUT2D eigenvalue weighted by Crippen LogP contribution is 2.26. The molecule has 1 aliphatic rings. The summed E-state index contributed by atoms with van der Waals surface area (Å²) < 4.78 is 41.2. The van der Waals surface area contributed by atoms with Gasteiger partial charge in [0.1, 0.15) is 11.9 Å². The zero-order valence-corrected chi connectivity index (χ0v) is 18.1. The van der Waals surface area contributed by atoms with Crippen LogP contribution in [0.1, 0.15) is 30.9 Å². The molecule has 0 saturated carbocycles. The van der Waals surface area contributed by atoms with Crippen molar-refractivity contribution in [1.82, 2.24) is 14.5 Å². The molecule has 1 amide bonds. The summed E-state index contributed by atoms with van der Waals surface area (Å²) in [6, 6.07) is 13.5. The molecule has 1 aliphatic heterocycles. The van der Waals surface area contributed by atoms with Gasteiger partial charge in [0.25, 0.3) is 0 Å². The molecule has 30 heavy (non-hydrogen) atoms. The summed E-state index contributed by atoms with van der Waals surface area (Å²) in [6.07, 6.45) is 1.99. The summed E-state index contributed by atoms with van der Waals surface area (Å²) in [4.78, 5) is 15.1. The molecule has 2 aromatic carbocycles. The molecule has 0 aromatic heterocycles. The van der Waals surface area contributed by atoms with E-state index in [0.717, 1.165) is 18.4 Å². The van der Waals surface area contributed by atoms with Crippen LogP contribution in [0.15, 0.2) is 59.5 Å². The van der Waals surface area contributed by atoms with E-state index in [2.05, 4.69) is 5.32 Å². The number of sulfonamides is 1. The van der Waals surface area contributed by atoms with Gasteiger partial charge in [-0.3, -0.25) is 4.79 Å². The monoisotopic (exact) mass is 433 g/mol. The van der Waals surface area contributed by atoms with Crippen LogP contribution in [0.25, 0.3) is 0 Å². The van der Waals surface area contributed by atoms with Gasteiger partial charge in [-0.2, -0.15) is 4.31 Å². The number of nitrogens with one attached hydrogen (secondary N) is 1. The van der Waals surface area contributed by atoms with E-state index in [1.54, 1.807) is 36.4 Å². The molecule has 3 rings (SSSR count). The van der Waals surface area contributed by atoms with E-state index in [1.807, 2.05) is 25.1 Å². The molecule has 2 unspecified atom stereocenters. The first-order chi connectivity index (χ1) is 14.3. The van der Waals surface area contributed by atoms with Gasteiger partial charge in [-0.15, -0.1) is 0 Å². The first-order valence-corrected chi connectivity index (χ1v) is 11.5. The molecule has 1 fully saturated rings. The lowest BCUT2D eigenvalue weighted by molar-refractivity contribution is -0.125. The number of likely N-dealkylation sites (N-methyl/N-ethyl adjacent to an activating group) is 1. The lowest BCUT2D eigenvalue weighted by Crippen LogP contribution is -2.52. The largest absolute Gasteiger partial charge is 0.353 e.